The maximum absolute atomic E-state index is 12.4. The molecule has 1 aliphatic heterocycles. The molecule has 2 heterocycles. The molecule has 0 bridgehead atoms. The highest BCUT2D eigenvalue weighted by Gasteiger charge is 2.17. The summed E-state index contributed by atoms with van der Waals surface area (Å²) in [5.74, 6) is -0.519. The molecule has 1 N–H and O–H groups in total. The number of aryl methyl sites for hydroxylation is 1. The van der Waals surface area contributed by atoms with E-state index in [1.54, 1.807) is 0 Å². The van der Waals surface area contributed by atoms with Crippen LogP contribution in [-0.4, -0.2) is 57.3 Å². The summed E-state index contributed by atoms with van der Waals surface area (Å²) in [5.41, 5.74) is 0.816. The van der Waals surface area contributed by atoms with Gasteiger partial charge in [-0.05, 0) is 18.2 Å². The van der Waals surface area contributed by atoms with Crippen molar-refractivity contribution in [1.82, 2.24) is 14.2 Å². The van der Waals surface area contributed by atoms with Crippen LogP contribution in [-0.2, 0) is 21.8 Å². The fraction of sp³-hybridized carbons (Fsp3) is 0.500. The van der Waals surface area contributed by atoms with Gasteiger partial charge in [0.05, 0.1) is 23.6 Å². The van der Waals surface area contributed by atoms with E-state index in [9.17, 15) is 13.2 Å². The number of aromatic nitrogens is 1. The van der Waals surface area contributed by atoms with Crippen LogP contribution in [0, 0.1) is 0 Å². The third-order valence-corrected chi connectivity index (χ3v) is 5.36. The smallest absolute Gasteiger partial charge is 0.408 e. The monoisotopic (exact) mass is 341 g/mol. The zero-order valence-corrected chi connectivity index (χ0v) is 13.6. The first kappa shape index (κ1) is 16.2. The maximum atomic E-state index is 12.4. The van der Waals surface area contributed by atoms with Gasteiger partial charge in [0.1, 0.15) is 0 Å². The van der Waals surface area contributed by atoms with Gasteiger partial charge >= 0.3 is 5.76 Å². The number of rotatable bonds is 5. The van der Waals surface area contributed by atoms with Gasteiger partial charge in [-0.1, -0.05) is 0 Å². The lowest BCUT2D eigenvalue weighted by Crippen LogP contribution is -2.41. The number of morpholine rings is 1. The molecule has 3 rings (SSSR count). The van der Waals surface area contributed by atoms with Crippen molar-refractivity contribution < 1.29 is 17.6 Å². The number of fused-ring (bicyclic) bond motifs is 1. The molecule has 0 atom stereocenters. The summed E-state index contributed by atoms with van der Waals surface area (Å²) in [7, 11) is -2.09. The summed E-state index contributed by atoms with van der Waals surface area (Å²) < 4.78 is 38.8. The third kappa shape index (κ3) is 3.47. The summed E-state index contributed by atoms with van der Waals surface area (Å²) in [6.45, 7) is 3.94. The van der Waals surface area contributed by atoms with Crippen molar-refractivity contribution in [3.63, 3.8) is 0 Å². The van der Waals surface area contributed by atoms with Gasteiger partial charge in [0.2, 0.25) is 10.0 Å². The van der Waals surface area contributed by atoms with Crippen LogP contribution in [0.4, 0.5) is 0 Å². The first-order chi connectivity index (χ1) is 11.0. The Morgan fingerprint density at radius 2 is 2.00 bits per heavy atom. The van der Waals surface area contributed by atoms with Crippen LogP contribution in [0.25, 0.3) is 11.1 Å². The summed E-state index contributed by atoms with van der Waals surface area (Å²) in [6.07, 6.45) is 0. The molecule has 126 valence electrons. The van der Waals surface area contributed by atoms with E-state index in [-0.39, 0.29) is 4.90 Å². The molecular weight excluding hydrogens is 322 g/mol. The van der Waals surface area contributed by atoms with E-state index in [1.165, 1.54) is 29.8 Å². The second-order valence-electron chi connectivity index (χ2n) is 5.41. The van der Waals surface area contributed by atoms with E-state index >= 15 is 0 Å². The van der Waals surface area contributed by atoms with Crippen LogP contribution < -0.4 is 10.5 Å². The zero-order chi connectivity index (χ0) is 16.4. The number of oxazole rings is 1. The van der Waals surface area contributed by atoms with Crippen LogP contribution in [0.1, 0.15) is 0 Å². The van der Waals surface area contributed by atoms with Crippen molar-refractivity contribution in [3.8, 4) is 0 Å². The van der Waals surface area contributed by atoms with Crippen LogP contribution in [0.15, 0.2) is 32.3 Å². The second-order valence-corrected chi connectivity index (χ2v) is 7.18. The molecule has 1 aromatic heterocycles. The zero-order valence-electron chi connectivity index (χ0n) is 12.8. The van der Waals surface area contributed by atoms with Crippen molar-refractivity contribution in [2.45, 2.75) is 4.90 Å². The first-order valence-corrected chi connectivity index (χ1v) is 8.85. The van der Waals surface area contributed by atoms with Gasteiger partial charge in [-0.3, -0.25) is 9.47 Å². The van der Waals surface area contributed by atoms with E-state index in [0.29, 0.717) is 37.4 Å². The van der Waals surface area contributed by atoms with Gasteiger partial charge in [-0.15, -0.1) is 0 Å². The summed E-state index contributed by atoms with van der Waals surface area (Å²) in [6, 6.07) is 4.37. The van der Waals surface area contributed by atoms with Crippen LogP contribution in [0.5, 0.6) is 0 Å². The Labute approximate surface area is 133 Å². The highest BCUT2D eigenvalue weighted by Crippen LogP contribution is 2.17. The highest BCUT2D eigenvalue weighted by molar-refractivity contribution is 7.89. The fourth-order valence-electron chi connectivity index (χ4n) is 2.52. The van der Waals surface area contributed by atoms with Gasteiger partial charge in [0, 0.05) is 33.2 Å². The second kappa shape index (κ2) is 6.44. The molecule has 2 aromatic rings. The first-order valence-electron chi connectivity index (χ1n) is 7.37. The summed E-state index contributed by atoms with van der Waals surface area (Å²) >= 11 is 0. The van der Waals surface area contributed by atoms with E-state index in [0.717, 1.165) is 13.1 Å². The Kier molecular flexibility index (Phi) is 4.53. The Morgan fingerprint density at radius 3 is 2.74 bits per heavy atom. The van der Waals surface area contributed by atoms with Crippen LogP contribution in [0.2, 0.25) is 0 Å². The Balaban J connectivity index is 1.71. The van der Waals surface area contributed by atoms with E-state index < -0.39 is 15.8 Å². The fourth-order valence-corrected chi connectivity index (χ4v) is 3.56. The predicted octanol–water partition coefficient (Wildman–Crippen LogP) is -0.258. The molecule has 23 heavy (non-hydrogen) atoms. The topological polar surface area (TPSA) is 93.8 Å². The molecule has 8 nitrogen and oxygen atoms in total. The molecular formula is C14H19N3O5S. The maximum Gasteiger partial charge on any atom is 0.419 e. The summed E-state index contributed by atoms with van der Waals surface area (Å²) in [5, 5.41) is 0. The average Bonchev–Trinajstić information content (AvgIpc) is 2.83. The van der Waals surface area contributed by atoms with Crippen molar-refractivity contribution in [2.24, 2.45) is 7.05 Å². The third-order valence-electron chi connectivity index (χ3n) is 3.90. The average molecular weight is 341 g/mol. The minimum absolute atomic E-state index is 0.114. The van der Waals surface area contributed by atoms with Gasteiger partial charge in [0.15, 0.2) is 5.58 Å². The largest absolute Gasteiger partial charge is 0.419 e. The quantitative estimate of drug-likeness (QED) is 0.805. The van der Waals surface area contributed by atoms with Crippen molar-refractivity contribution in [1.29, 1.82) is 0 Å². The van der Waals surface area contributed by atoms with E-state index in [2.05, 4.69) is 9.62 Å². The molecule has 0 spiro atoms. The molecule has 1 aromatic carbocycles. The molecule has 0 aliphatic carbocycles. The molecule has 0 unspecified atom stereocenters. The number of hydrogen-bond donors (Lipinski definition) is 1. The van der Waals surface area contributed by atoms with Crippen molar-refractivity contribution in [3.05, 3.63) is 28.7 Å². The molecule has 1 aliphatic rings. The SMILES string of the molecule is Cn1c(=O)oc2ccc(S(=O)(=O)NCCN3CCOCC3)cc21. The molecule has 1 fully saturated rings. The van der Waals surface area contributed by atoms with Crippen LogP contribution in [0.3, 0.4) is 0 Å². The van der Waals surface area contributed by atoms with Crippen LogP contribution >= 0.6 is 0 Å². The Bertz CT molecular complexity index is 849. The molecule has 9 heteroatoms. The lowest BCUT2D eigenvalue weighted by Gasteiger charge is -2.26. The number of hydrogen-bond acceptors (Lipinski definition) is 6. The Hall–Kier alpha value is -1.68. The van der Waals surface area contributed by atoms with Crippen molar-refractivity contribution in [2.75, 3.05) is 39.4 Å². The van der Waals surface area contributed by atoms with E-state index in [1.807, 2.05) is 0 Å². The number of sulfonamides is 1. The minimum Gasteiger partial charge on any atom is -0.408 e. The van der Waals surface area contributed by atoms with Gasteiger partial charge in [0.25, 0.3) is 0 Å². The minimum atomic E-state index is -3.63. The predicted molar refractivity (Wildman–Crippen MR) is 83.9 cm³/mol. The highest BCUT2D eigenvalue weighted by atomic mass is 32.2. The van der Waals surface area contributed by atoms with E-state index in [4.69, 9.17) is 9.15 Å². The lowest BCUT2D eigenvalue weighted by atomic mass is 10.3. The number of ether oxygens (including phenoxy) is 1. The van der Waals surface area contributed by atoms with Gasteiger partial charge in [-0.2, -0.15) is 0 Å². The number of benzene rings is 1. The molecule has 1 saturated heterocycles. The summed E-state index contributed by atoms with van der Waals surface area (Å²) in [4.78, 5) is 13.7. The number of nitrogens with one attached hydrogen (secondary N) is 1. The normalized spacial score (nSPS) is 16.9. The molecule has 0 saturated carbocycles. The standard InChI is InChI=1S/C14H19N3O5S/c1-16-12-10-11(2-3-13(12)22-14(16)18)23(19,20)15-4-5-17-6-8-21-9-7-17/h2-3,10,15H,4-9H2,1H3. The lowest BCUT2D eigenvalue weighted by molar-refractivity contribution is 0.0390. The van der Waals surface area contributed by atoms with Gasteiger partial charge < -0.3 is 9.15 Å². The molecule has 0 radical (unpaired) electrons. The van der Waals surface area contributed by atoms with Crippen molar-refractivity contribution >= 4 is 21.1 Å². The molecule has 0 amide bonds. The number of nitrogens with zero attached hydrogens (tertiary/aromatic N) is 2. The Morgan fingerprint density at radius 1 is 1.26 bits per heavy atom. The van der Waals surface area contributed by atoms with Gasteiger partial charge in [-0.25, -0.2) is 17.9 Å².